The summed E-state index contributed by atoms with van der Waals surface area (Å²) in [5.74, 6) is -2.92. The number of non-ortho nitro benzene ring substituents is 1. The summed E-state index contributed by atoms with van der Waals surface area (Å²) >= 11 is 3.26. The molecule has 0 aromatic heterocycles. The lowest BCUT2D eigenvalue weighted by Gasteiger charge is -2.28. The Bertz CT molecular complexity index is 974. The van der Waals surface area contributed by atoms with Crippen molar-refractivity contribution in [3.8, 4) is 0 Å². The third-order valence-electron chi connectivity index (χ3n) is 3.70. The van der Waals surface area contributed by atoms with Crippen LogP contribution < -0.4 is 10.2 Å². The Morgan fingerprint density at radius 3 is 2.52 bits per heavy atom. The molecule has 1 N–H and O–H groups in total. The Labute approximate surface area is 161 Å². The highest BCUT2D eigenvalue weighted by atomic mass is 79.9. The molecule has 1 aliphatic rings. The van der Waals surface area contributed by atoms with E-state index in [0.29, 0.717) is 5.69 Å². The SMILES string of the molecule is O=C1NC(=O)N(c2ccc(Br)cc2)C(=O)[C@@H]1C=Nc1cccc([N+](=O)[O-])c1. The van der Waals surface area contributed by atoms with Crippen LogP contribution in [0.4, 0.5) is 21.9 Å². The van der Waals surface area contributed by atoms with Gasteiger partial charge < -0.3 is 0 Å². The van der Waals surface area contributed by atoms with Gasteiger partial charge in [-0.2, -0.15) is 0 Å². The maximum absolute atomic E-state index is 12.7. The van der Waals surface area contributed by atoms with Crippen LogP contribution in [0.3, 0.4) is 0 Å². The summed E-state index contributed by atoms with van der Waals surface area (Å²) < 4.78 is 0.760. The van der Waals surface area contributed by atoms with E-state index >= 15 is 0 Å². The molecule has 10 heteroatoms. The molecule has 1 aliphatic heterocycles. The van der Waals surface area contributed by atoms with Crippen LogP contribution in [0, 0.1) is 16.0 Å². The average Bonchev–Trinajstić information content (AvgIpc) is 2.63. The Balaban J connectivity index is 1.88. The number of benzene rings is 2. The van der Waals surface area contributed by atoms with E-state index in [2.05, 4.69) is 26.2 Å². The minimum Gasteiger partial charge on any atom is -0.276 e. The van der Waals surface area contributed by atoms with Crippen molar-refractivity contribution in [2.45, 2.75) is 0 Å². The van der Waals surface area contributed by atoms with E-state index in [1.807, 2.05) is 0 Å². The number of nitro benzene ring substituents is 1. The summed E-state index contributed by atoms with van der Waals surface area (Å²) in [4.78, 5) is 51.9. The summed E-state index contributed by atoms with van der Waals surface area (Å²) in [7, 11) is 0. The Hall–Kier alpha value is -3.40. The number of rotatable bonds is 4. The van der Waals surface area contributed by atoms with Crippen LogP contribution in [0.5, 0.6) is 0 Å². The molecule has 0 aliphatic carbocycles. The number of carbonyl (C=O) groups excluding carboxylic acids is 3. The van der Waals surface area contributed by atoms with Crippen molar-refractivity contribution in [2.75, 3.05) is 4.90 Å². The number of hydrogen-bond donors (Lipinski definition) is 1. The quantitative estimate of drug-likeness (QED) is 0.345. The van der Waals surface area contributed by atoms with Crippen LogP contribution in [0.15, 0.2) is 58.0 Å². The zero-order valence-corrected chi connectivity index (χ0v) is 15.1. The Morgan fingerprint density at radius 2 is 1.85 bits per heavy atom. The summed E-state index contributed by atoms with van der Waals surface area (Å²) in [6.45, 7) is 0. The number of aliphatic imine (C=N–C) groups is 1. The van der Waals surface area contributed by atoms with Gasteiger partial charge in [-0.05, 0) is 30.3 Å². The Morgan fingerprint density at radius 1 is 1.15 bits per heavy atom. The number of amides is 4. The van der Waals surface area contributed by atoms with Crippen LogP contribution in [-0.2, 0) is 9.59 Å². The maximum Gasteiger partial charge on any atom is 0.335 e. The standard InChI is InChI=1S/C17H11BrN4O5/c18-10-4-6-12(7-5-10)21-16(24)14(15(23)20-17(21)25)9-19-11-2-1-3-13(8-11)22(26)27/h1-9,14H,(H,20,23,25)/t14-/m1/s1. The van der Waals surface area contributed by atoms with E-state index in [0.717, 1.165) is 15.6 Å². The molecule has 27 heavy (non-hydrogen) atoms. The van der Waals surface area contributed by atoms with Gasteiger partial charge >= 0.3 is 6.03 Å². The van der Waals surface area contributed by atoms with Crippen LogP contribution in [0.2, 0.25) is 0 Å². The fourth-order valence-corrected chi connectivity index (χ4v) is 2.67. The molecule has 1 saturated heterocycles. The molecule has 0 saturated carbocycles. The number of carbonyl (C=O) groups is 3. The number of anilines is 1. The molecule has 2 aromatic rings. The van der Waals surface area contributed by atoms with Gasteiger partial charge in [0, 0.05) is 22.8 Å². The minimum absolute atomic E-state index is 0.171. The normalized spacial score (nSPS) is 17.3. The number of urea groups is 1. The van der Waals surface area contributed by atoms with Gasteiger partial charge in [0.05, 0.1) is 16.3 Å². The van der Waals surface area contributed by atoms with Gasteiger partial charge in [-0.3, -0.25) is 30.0 Å². The average molecular weight is 431 g/mol. The molecule has 0 radical (unpaired) electrons. The van der Waals surface area contributed by atoms with Gasteiger partial charge in [0.1, 0.15) is 0 Å². The monoisotopic (exact) mass is 430 g/mol. The largest absolute Gasteiger partial charge is 0.335 e. The van der Waals surface area contributed by atoms with Crippen LogP contribution in [0.25, 0.3) is 0 Å². The van der Waals surface area contributed by atoms with Gasteiger partial charge in [0.25, 0.3) is 11.6 Å². The first-order valence-electron chi connectivity index (χ1n) is 7.60. The highest BCUT2D eigenvalue weighted by molar-refractivity contribution is 9.10. The minimum atomic E-state index is -1.34. The van der Waals surface area contributed by atoms with E-state index in [9.17, 15) is 24.5 Å². The molecule has 4 amide bonds. The molecule has 0 spiro atoms. The number of nitrogens with one attached hydrogen (secondary N) is 1. The summed E-state index contributed by atoms with van der Waals surface area (Å²) in [6.07, 6.45) is 1.06. The van der Waals surface area contributed by atoms with Gasteiger partial charge in [0.15, 0.2) is 5.92 Å². The van der Waals surface area contributed by atoms with Crippen molar-refractivity contribution >= 4 is 57.1 Å². The molecule has 1 fully saturated rings. The molecular weight excluding hydrogens is 420 g/mol. The predicted molar refractivity (Wildman–Crippen MR) is 99.9 cm³/mol. The number of halogens is 1. The number of barbiturate groups is 1. The van der Waals surface area contributed by atoms with Crippen LogP contribution in [-0.4, -0.2) is 29.0 Å². The zero-order chi connectivity index (χ0) is 19.6. The van der Waals surface area contributed by atoms with Gasteiger partial charge in [-0.15, -0.1) is 0 Å². The second-order valence-corrected chi connectivity index (χ2v) is 6.39. The smallest absolute Gasteiger partial charge is 0.276 e. The first-order valence-corrected chi connectivity index (χ1v) is 8.39. The van der Waals surface area contributed by atoms with E-state index in [4.69, 9.17) is 0 Å². The fourth-order valence-electron chi connectivity index (χ4n) is 2.40. The molecule has 1 atom stereocenters. The van der Waals surface area contributed by atoms with Crippen molar-refractivity contribution in [3.05, 3.63) is 63.1 Å². The van der Waals surface area contributed by atoms with Crippen molar-refractivity contribution in [1.82, 2.24) is 5.32 Å². The Kier molecular flexibility index (Phi) is 5.08. The lowest BCUT2D eigenvalue weighted by atomic mass is 10.1. The number of nitro groups is 1. The van der Waals surface area contributed by atoms with E-state index < -0.39 is 28.7 Å². The third kappa shape index (κ3) is 3.90. The summed E-state index contributed by atoms with van der Waals surface area (Å²) in [5.41, 5.74) is 0.328. The van der Waals surface area contributed by atoms with Crippen molar-refractivity contribution in [1.29, 1.82) is 0 Å². The molecule has 3 rings (SSSR count). The third-order valence-corrected chi connectivity index (χ3v) is 4.23. The van der Waals surface area contributed by atoms with Gasteiger partial charge in [-0.25, -0.2) is 9.69 Å². The molecule has 2 aromatic carbocycles. The second-order valence-electron chi connectivity index (χ2n) is 5.48. The molecule has 0 bridgehead atoms. The van der Waals surface area contributed by atoms with Crippen molar-refractivity contribution < 1.29 is 19.3 Å². The predicted octanol–water partition coefficient (Wildman–Crippen LogP) is 2.96. The summed E-state index contributed by atoms with van der Waals surface area (Å²) in [6, 6.07) is 11.0. The number of nitrogens with zero attached hydrogens (tertiary/aromatic N) is 3. The highest BCUT2D eigenvalue weighted by Gasteiger charge is 2.40. The van der Waals surface area contributed by atoms with Crippen LogP contribution in [0.1, 0.15) is 0 Å². The maximum atomic E-state index is 12.7. The topological polar surface area (TPSA) is 122 Å². The summed E-state index contributed by atoms with van der Waals surface area (Å²) in [5, 5.41) is 12.9. The van der Waals surface area contributed by atoms with Crippen molar-refractivity contribution in [2.24, 2.45) is 10.9 Å². The van der Waals surface area contributed by atoms with E-state index in [1.165, 1.54) is 24.3 Å². The second kappa shape index (κ2) is 7.46. The van der Waals surface area contributed by atoms with Crippen molar-refractivity contribution in [3.63, 3.8) is 0 Å². The molecule has 1 heterocycles. The number of imide groups is 2. The first kappa shape index (κ1) is 18.4. The van der Waals surface area contributed by atoms with E-state index in [-0.39, 0.29) is 11.4 Å². The van der Waals surface area contributed by atoms with E-state index in [1.54, 1.807) is 24.3 Å². The van der Waals surface area contributed by atoms with Gasteiger partial charge in [0.2, 0.25) is 5.91 Å². The fraction of sp³-hybridized carbons (Fsp3) is 0.0588. The molecular formula is C17H11BrN4O5. The molecule has 9 nitrogen and oxygen atoms in total. The first-order chi connectivity index (χ1) is 12.9. The highest BCUT2D eigenvalue weighted by Crippen LogP contribution is 2.24. The van der Waals surface area contributed by atoms with Crippen LogP contribution >= 0.6 is 15.9 Å². The number of hydrogen-bond acceptors (Lipinski definition) is 6. The molecule has 0 unspecified atom stereocenters. The zero-order valence-electron chi connectivity index (χ0n) is 13.5. The lowest BCUT2D eigenvalue weighted by molar-refractivity contribution is -0.384. The molecule has 136 valence electrons. The van der Waals surface area contributed by atoms with Gasteiger partial charge in [-0.1, -0.05) is 22.0 Å². The lowest BCUT2D eigenvalue weighted by Crippen LogP contribution is -2.58.